The molecule has 1 heterocycles. The first-order valence-electron chi connectivity index (χ1n) is 5.04. The minimum absolute atomic E-state index is 0.281. The van der Waals surface area contributed by atoms with Gasteiger partial charge in [0.25, 0.3) is 0 Å². The van der Waals surface area contributed by atoms with Crippen LogP contribution in [-0.4, -0.2) is 14.8 Å². The Morgan fingerprint density at radius 2 is 2.12 bits per heavy atom. The van der Waals surface area contributed by atoms with Crippen LogP contribution >= 0.6 is 11.6 Å². The molecule has 2 aromatic rings. The minimum Gasteiger partial charge on any atom is -0.398 e. The molecule has 0 aliphatic carbocycles. The van der Waals surface area contributed by atoms with Crippen molar-refractivity contribution in [3.8, 4) is 11.4 Å². The quantitative estimate of drug-likeness (QED) is 0.816. The van der Waals surface area contributed by atoms with E-state index in [4.69, 9.17) is 17.3 Å². The summed E-state index contributed by atoms with van der Waals surface area (Å²) in [6.07, 6.45) is 1.69. The van der Waals surface area contributed by atoms with Gasteiger partial charge in [-0.25, -0.2) is 0 Å². The fraction of sp³-hybridized carbons (Fsp3) is 0.273. The molecule has 0 atom stereocenters. The first-order chi connectivity index (χ1) is 7.59. The molecule has 0 amide bonds. The molecule has 0 radical (unpaired) electrons. The maximum atomic E-state index is 5.95. The van der Waals surface area contributed by atoms with Gasteiger partial charge in [0.2, 0.25) is 0 Å². The predicted octanol–water partition coefficient (Wildman–Crippen LogP) is 2.76. The molecule has 5 heteroatoms. The number of hydrogen-bond acceptors (Lipinski definition) is 3. The summed E-state index contributed by atoms with van der Waals surface area (Å²) in [5.41, 5.74) is 7.38. The molecule has 2 N–H and O–H groups in total. The molecule has 16 heavy (non-hydrogen) atoms. The Bertz CT molecular complexity index is 504. The number of nitrogen functional groups attached to an aromatic ring is 1. The third-order valence-corrected chi connectivity index (χ3v) is 2.62. The first-order valence-corrected chi connectivity index (χ1v) is 5.42. The van der Waals surface area contributed by atoms with Crippen LogP contribution in [0.5, 0.6) is 0 Å². The second kappa shape index (κ2) is 4.14. The molecule has 1 aromatic heterocycles. The zero-order chi connectivity index (χ0) is 11.7. The van der Waals surface area contributed by atoms with E-state index in [0.717, 1.165) is 11.4 Å². The Morgan fingerprint density at radius 1 is 1.38 bits per heavy atom. The number of benzene rings is 1. The lowest BCUT2D eigenvalue weighted by atomic mass is 10.1. The normalized spacial score (nSPS) is 11.0. The van der Waals surface area contributed by atoms with E-state index in [0.29, 0.717) is 10.7 Å². The fourth-order valence-corrected chi connectivity index (χ4v) is 1.71. The van der Waals surface area contributed by atoms with Gasteiger partial charge in [-0.2, -0.15) is 0 Å². The Morgan fingerprint density at radius 3 is 2.81 bits per heavy atom. The van der Waals surface area contributed by atoms with Gasteiger partial charge >= 0.3 is 0 Å². The number of nitrogens with two attached hydrogens (primary N) is 1. The van der Waals surface area contributed by atoms with E-state index in [2.05, 4.69) is 24.0 Å². The van der Waals surface area contributed by atoms with Crippen molar-refractivity contribution in [2.24, 2.45) is 0 Å². The van der Waals surface area contributed by atoms with Crippen molar-refractivity contribution in [1.82, 2.24) is 14.8 Å². The van der Waals surface area contributed by atoms with Crippen molar-refractivity contribution >= 4 is 17.3 Å². The Balaban J connectivity index is 2.58. The topological polar surface area (TPSA) is 56.7 Å². The zero-order valence-electron chi connectivity index (χ0n) is 9.18. The van der Waals surface area contributed by atoms with Crippen LogP contribution in [0.15, 0.2) is 24.5 Å². The van der Waals surface area contributed by atoms with E-state index in [-0.39, 0.29) is 6.04 Å². The van der Waals surface area contributed by atoms with Crippen LogP contribution in [-0.2, 0) is 0 Å². The summed E-state index contributed by atoms with van der Waals surface area (Å²) in [5, 5.41) is 8.63. The van der Waals surface area contributed by atoms with Gasteiger partial charge in [-0.1, -0.05) is 11.6 Å². The van der Waals surface area contributed by atoms with Gasteiger partial charge in [0.1, 0.15) is 6.33 Å². The average Bonchev–Trinajstić information content (AvgIpc) is 2.70. The molecule has 0 saturated carbocycles. The van der Waals surface area contributed by atoms with Gasteiger partial charge < -0.3 is 10.3 Å². The van der Waals surface area contributed by atoms with E-state index in [1.165, 1.54) is 0 Å². The second-order valence-corrected chi connectivity index (χ2v) is 4.32. The Labute approximate surface area is 99.1 Å². The summed E-state index contributed by atoms with van der Waals surface area (Å²) in [7, 11) is 0. The van der Waals surface area contributed by atoms with E-state index < -0.39 is 0 Å². The lowest BCUT2D eigenvalue weighted by molar-refractivity contribution is 0.604. The summed E-state index contributed by atoms with van der Waals surface area (Å²) in [6, 6.07) is 5.62. The van der Waals surface area contributed by atoms with Gasteiger partial charge in [0.15, 0.2) is 5.82 Å². The third kappa shape index (κ3) is 1.88. The molecular weight excluding hydrogens is 224 g/mol. The summed E-state index contributed by atoms with van der Waals surface area (Å²) < 4.78 is 1.96. The number of hydrogen-bond donors (Lipinski definition) is 1. The molecule has 0 fully saturated rings. The third-order valence-electron chi connectivity index (χ3n) is 2.39. The average molecular weight is 237 g/mol. The summed E-state index contributed by atoms with van der Waals surface area (Å²) in [5.74, 6) is 0.745. The molecule has 4 nitrogen and oxygen atoms in total. The maximum absolute atomic E-state index is 5.95. The van der Waals surface area contributed by atoms with Gasteiger partial charge in [0.05, 0.1) is 0 Å². The van der Waals surface area contributed by atoms with Crippen LogP contribution in [0.4, 0.5) is 5.69 Å². The fourth-order valence-electron chi connectivity index (χ4n) is 1.54. The zero-order valence-corrected chi connectivity index (χ0v) is 9.94. The Kier molecular flexibility index (Phi) is 2.83. The van der Waals surface area contributed by atoms with E-state index in [1.807, 2.05) is 4.57 Å². The maximum Gasteiger partial charge on any atom is 0.166 e. The number of halogens is 1. The molecule has 0 bridgehead atoms. The van der Waals surface area contributed by atoms with E-state index in [1.54, 1.807) is 24.5 Å². The minimum atomic E-state index is 0.281. The molecule has 0 aliphatic heterocycles. The highest BCUT2D eigenvalue weighted by Gasteiger charge is 2.12. The monoisotopic (exact) mass is 236 g/mol. The summed E-state index contributed by atoms with van der Waals surface area (Å²) in [4.78, 5) is 0. The Hall–Kier alpha value is -1.55. The standard InChI is InChI=1S/C11H13ClN4/c1-7(2)16-6-14-15-11(16)9-5-8(12)3-4-10(9)13/h3-7H,13H2,1-2H3. The lowest BCUT2D eigenvalue weighted by Gasteiger charge is -2.11. The molecule has 0 saturated heterocycles. The van der Waals surface area contributed by atoms with E-state index >= 15 is 0 Å². The molecular formula is C11H13ClN4. The highest BCUT2D eigenvalue weighted by atomic mass is 35.5. The molecule has 0 unspecified atom stereocenters. The molecule has 1 aromatic carbocycles. The van der Waals surface area contributed by atoms with Crippen LogP contribution in [0.2, 0.25) is 5.02 Å². The van der Waals surface area contributed by atoms with Crippen LogP contribution in [0, 0.1) is 0 Å². The molecule has 2 rings (SSSR count). The SMILES string of the molecule is CC(C)n1cnnc1-c1cc(Cl)ccc1N. The number of rotatable bonds is 2. The molecule has 0 spiro atoms. The van der Waals surface area contributed by atoms with Crippen LogP contribution < -0.4 is 5.73 Å². The lowest BCUT2D eigenvalue weighted by Crippen LogP contribution is -2.03. The summed E-state index contributed by atoms with van der Waals surface area (Å²) >= 11 is 5.95. The van der Waals surface area contributed by atoms with Crippen molar-refractivity contribution in [3.05, 3.63) is 29.5 Å². The highest BCUT2D eigenvalue weighted by molar-refractivity contribution is 6.31. The smallest absolute Gasteiger partial charge is 0.166 e. The van der Waals surface area contributed by atoms with Gasteiger partial charge in [-0.3, -0.25) is 0 Å². The van der Waals surface area contributed by atoms with Crippen molar-refractivity contribution in [3.63, 3.8) is 0 Å². The van der Waals surface area contributed by atoms with Gasteiger partial charge in [-0.05, 0) is 32.0 Å². The van der Waals surface area contributed by atoms with E-state index in [9.17, 15) is 0 Å². The van der Waals surface area contributed by atoms with Gasteiger partial charge in [0, 0.05) is 22.3 Å². The highest BCUT2D eigenvalue weighted by Crippen LogP contribution is 2.28. The second-order valence-electron chi connectivity index (χ2n) is 3.89. The molecule has 0 aliphatic rings. The van der Waals surface area contributed by atoms with Crippen LogP contribution in [0.3, 0.4) is 0 Å². The van der Waals surface area contributed by atoms with Crippen molar-refractivity contribution in [2.45, 2.75) is 19.9 Å². The molecule has 84 valence electrons. The first kappa shape index (κ1) is 11.0. The van der Waals surface area contributed by atoms with Crippen molar-refractivity contribution in [1.29, 1.82) is 0 Å². The van der Waals surface area contributed by atoms with Gasteiger partial charge in [-0.15, -0.1) is 10.2 Å². The number of anilines is 1. The predicted molar refractivity (Wildman–Crippen MR) is 65.3 cm³/mol. The van der Waals surface area contributed by atoms with Crippen LogP contribution in [0.1, 0.15) is 19.9 Å². The van der Waals surface area contributed by atoms with Crippen molar-refractivity contribution < 1.29 is 0 Å². The van der Waals surface area contributed by atoms with Crippen LogP contribution in [0.25, 0.3) is 11.4 Å². The number of aromatic nitrogens is 3. The number of nitrogens with zero attached hydrogens (tertiary/aromatic N) is 3. The largest absolute Gasteiger partial charge is 0.398 e. The van der Waals surface area contributed by atoms with Crippen molar-refractivity contribution in [2.75, 3.05) is 5.73 Å². The summed E-state index contributed by atoms with van der Waals surface area (Å²) in [6.45, 7) is 4.13.